The summed E-state index contributed by atoms with van der Waals surface area (Å²) >= 11 is 0. The highest BCUT2D eigenvalue weighted by Crippen LogP contribution is 2.28. The van der Waals surface area contributed by atoms with Crippen LogP contribution in [0.3, 0.4) is 0 Å². The SMILES string of the molecule is CC(C)Nc1ccnnc1N1CCN(c2cc3ccccc3[nH]2)C(C=O)C1. The summed E-state index contributed by atoms with van der Waals surface area (Å²) in [6.45, 7) is 6.25. The number of rotatable bonds is 5. The molecule has 0 spiro atoms. The van der Waals surface area contributed by atoms with E-state index in [0.29, 0.717) is 12.6 Å². The number of aromatic nitrogens is 3. The highest BCUT2D eigenvalue weighted by Gasteiger charge is 2.29. The summed E-state index contributed by atoms with van der Waals surface area (Å²) in [5.41, 5.74) is 2.03. The Kier molecular flexibility index (Phi) is 4.66. The fourth-order valence-electron chi connectivity index (χ4n) is 3.61. The number of carbonyl (C=O) groups excluding carboxylic acids is 1. The number of nitrogens with zero attached hydrogens (tertiary/aromatic N) is 4. The number of carbonyl (C=O) groups is 1. The van der Waals surface area contributed by atoms with Gasteiger partial charge in [0.2, 0.25) is 0 Å². The van der Waals surface area contributed by atoms with E-state index in [9.17, 15) is 4.79 Å². The molecule has 140 valence electrons. The lowest BCUT2D eigenvalue weighted by atomic mass is 10.1. The number of para-hydroxylation sites is 1. The molecular weight excluding hydrogens is 340 g/mol. The van der Waals surface area contributed by atoms with Crippen molar-refractivity contribution < 1.29 is 4.79 Å². The molecule has 2 N–H and O–H groups in total. The average Bonchev–Trinajstić information content (AvgIpc) is 3.11. The molecule has 0 saturated carbocycles. The molecule has 0 radical (unpaired) electrons. The van der Waals surface area contributed by atoms with Crippen molar-refractivity contribution in [2.75, 3.05) is 34.8 Å². The van der Waals surface area contributed by atoms with E-state index in [2.05, 4.69) is 62.3 Å². The molecule has 7 nitrogen and oxygen atoms in total. The monoisotopic (exact) mass is 364 g/mol. The highest BCUT2D eigenvalue weighted by atomic mass is 16.1. The Balaban J connectivity index is 1.58. The molecule has 0 bridgehead atoms. The number of H-pyrrole nitrogens is 1. The van der Waals surface area contributed by atoms with E-state index in [1.54, 1.807) is 6.20 Å². The van der Waals surface area contributed by atoms with E-state index < -0.39 is 0 Å². The number of fused-ring (bicyclic) bond motifs is 1. The second-order valence-electron chi connectivity index (χ2n) is 7.15. The van der Waals surface area contributed by atoms with Gasteiger partial charge in [0.15, 0.2) is 5.82 Å². The minimum atomic E-state index is -0.249. The standard InChI is InChI=1S/C20H24N6O/c1-14(2)22-18-7-8-21-24-20(18)25-9-10-26(16(12-25)13-27)19-11-15-5-3-4-6-17(15)23-19/h3-8,11,13-14,16,23H,9-10,12H2,1-2H3,(H,21,22). The topological polar surface area (TPSA) is 77.2 Å². The zero-order chi connectivity index (χ0) is 18.8. The van der Waals surface area contributed by atoms with E-state index in [1.807, 2.05) is 18.2 Å². The smallest absolute Gasteiger partial charge is 0.174 e. The van der Waals surface area contributed by atoms with Gasteiger partial charge in [-0.05, 0) is 32.0 Å². The van der Waals surface area contributed by atoms with Gasteiger partial charge in [-0.3, -0.25) is 0 Å². The van der Waals surface area contributed by atoms with Crippen LogP contribution in [0, 0.1) is 0 Å². The Hall–Kier alpha value is -3.09. The van der Waals surface area contributed by atoms with Crippen molar-refractivity contribution in [2.24, 2.45) is 0 Å². The van der Waals surface area contributed by atoms with Crippen LogP contribution in [-0.2, 0) is 4.79 Å². The molecule has 0 aliphatic carbocycles. The summed E-state index contributed by atoms with van der Waals surface area (Å²) < 4.78 is 0. The molecule has 1 aliphatic rings. The molecular formula is C20H24N6O. The van der Waals surface area contributed by atoms with Crippen molar-refractivity contribution in [2.45, 2.75) is 25.9 Å². The van der Waals surface area contributed by atoms with Crippen LogP contribution < -0.4 is 15.1 Å². The zero-order valence-corrected chi connectivity index (χ0v) is 15.6. The number of aromatic amines is 1. The molecule has 4 rings (SSSR count). The summed E-state index contributed by atoms with van der Waals surface area (Å²) in [6, 6.07) is 12.2. The molecule has 1 aliphatic heterocycles. The summed E-state index contributed by atoms with van der Waals surface area (Å²) in [5.74, 6) is 1.78. The van der Waals surface area contributed by atoms with E-state index in [0.717, 1.165) is 47.6 Å². The maximum Gasteiger partial charge on any atom is 0.174 e. The average molecular weight is 364 g/mol. The fraction of sp³-hybridized carbons (Fsp3) is 0.350. The Morgan fingerprint density at radius 3 is 2.89 bits per heavy atom. The van der Waals surface area contributed by atoms with Crippen molar-refractivity contribution in [3.63, 3.8) is 0 Å². The van der Waals surface area contributed by atoms with Gasteiger partial charge in [-0.25, -0.2) is 0 Å². The minimum Gasteiger partial charge on any atom is -0.380 e. The third-order valence-electron chi connectivity index (χ3n) is 4.85. The quantitative estimate of drug-likeness (QED) is 0.678. The molecule has 0 amide bonds. The maximum absolute atomic E-state index is 11.9. The highest BCUT2D eigenvalue weighted by molar-refractivity contribution is 5.85. The number of aldehydes is 1. The number of piperazine rings is 1. The predicted octanol–water partition coefficient (Wildman–Crippen LogP) is 2.67. The van der Waals surface area contributed by atoms with E-state index in [4.69, 9.17) is 0 Å². The van der Waals surface area contributed by atoms with Gasteiger partial charge in [0, 0.05) is 36.6 Å². The second-order valence-corrected chi connectivity index (χ2v) is 7.15. The summed E-state index contributed by atoms with van der Waals surface area (Å²) in [5, 5.41) is 12.9. The first-order valence-electron chi connectivity index (χ1n) is 9.28. The van der Waals surface area contributed by atoms with Crippen LogP contribution in [-0.4, -0.2) is 53.2 Å². The Morgan fingerprint density at radius 1 is 1.26 bits per heavy atom. The number of benzene rings is 1. The van der Waals surface area contributed by atoms with E-state index in [1.165, 1.54) is 0 Å². The molecule has 3 heterocycles. The van der Waals surface area contributed by atoms with Crippen LogP contribution in [0.15, 0.2) is 42.6 Å². The van der Waals surface area contributed by atoms with Gasteiger partial charge in [0.1, 0.15) is 18.1 Å². The first-order valence-corrected chi connectivity index (χ1v) is 9.28. The van der Waals surface area contributed by atoms with Gasteiger partial charge in [0.25, 0.3) is 0 Å². The fourth-order valence-corrected chi connectivity index (χ4v) is 3.61. The van der Waals surface area contributed by atoms with Crippen LogP contribution in [0.2, 0.25) is 0 Å². The maximum atomic E-state index is 11.9. The molecule has 1 aromatic carbocycles. The third kappa shape index (κ3) is 3.45. The third-order valence-corrected chi connectivity index (χ3v) is 4.85. The Morgan fingerprint density at radius 2 is 2.11 bits per heavy atom. The van der Waals surface area contributed by atoms with Gasteiger partial charge in [-0.2, -0.15) is 5.10 Å². The number of hydrogen-bond acceptors (Lipinski definition) is 6. The lowest BCUT2D eigenvalue weighted by Crippen LogP contribution is -2.54. The minimum absolute atomic E-state index is 0.249. The molecule has 1 unspecified atom stereocenters. The van der Waals surface area contributed by atoms with Crippen LogP contribution in [0.25, 0.3) is 10.9 Å². The van der Waals surface area contributed by atoms with Crippen molar-refractivity contribution in [3.8, 4) is 0 Å². The van der Waals surface area contributed by atoms with Crippen molar-refractivity contribution in [1.82, 2.24) is 15.2 Å². The lowest BCUT2D eigenvalue weighted by molar-refractivity contribution is -0.109. The first-order chi connectivity index (χ1) is 13.2. The number of hydrogen-bond donors (Lipinski definition) is 2. The normalized spacial score (nSPS) is 17.5. The Labute approximate surface area is 158 Å². The zero-order valence-electron chi connectivity index (χ0n) is 15.6. The molecule has 1 saturated heterocycles. The van der Waals surface area contributed by atoms with Crippen LogP contribution in [0.1, 0.15) is 13.8 Å². The van der Waals surface area contributed by atoms with Crippen molar-refractivity contribution in [1.29, 1.82) is 0 Å². The van der Waals surface area contributed by atoms with Crippen LogP contribution in [0.5, 0.6) is 0 Å². The van der Waals surface area contributed by atoms with Gasteiger partial charge in [-0.1, -0.05) is 18.2 Å². The van der Waals surface area contributed by atoms with Gasteiger partial charge < -0.3 is 24.9 Å². The van der Waals surface area contributed by atoms with Gasteiger partial charge >= 0.3 is 0 Å². The van der Waals surface area contributed by atoms with Gasteiger partial charge in [0.05, 0.1) is 11.9 Å². The Bertz CT molecular complexity index is 904. The number of anilines is 3. The second kappa shape index (κ2) is 7.26. The molecule has 7 heteroatoms. The lowest BCUT2D eigenvalue weighted by Gasteiger charge is -2.40. The summed E-state index contributed by atoms with van der Waals surface area (Å²) in [6.07, 6.45) is 2.70. The summed E-state index contributed by atoms with van der Waals surface area (Å²) in [4.78, 5) is 19.6. The largest absolute Gasteiger partial charge is 0.380 e. The van der Waals surface area contributed by atoms with Crippen molar-refractivity contribution >= 4 is 34.5 Å². The molecule has 1 fully saturated rings. The van der Waals surface area contributed by atoms with Crippen LogP contribution >= 0.6 is 0 Å². The first kappa shape index (κ1) is 17.3. The number of nitrogens with one attached hydrogen (secondary N) is 2. The van der Waals surface area contributed by atoms with E-state index >= 15 is 0 Å². The molecule has 1 atom stereocenters. The molecule has 2 aromatic heterocycles. The van der Waals surface area contributed by atoms with Gasteiger partial charge in [-0.15, -0.1) is 5.10 Å². The summed E-state index contributed by atoms with van der Waals surface area (Å²) in [7, 11) is 0. The predicted molar refractivity (Wildman–Crippen MR) is 109 cm³/mol. The molecule has 27 heavy (non-hydrogen) atoms. The van der Waals surface area contributed by atoms with Crippen LogP contribution in [0.4, 0.5) is 17.3 Å². The van der Waals surface area contributed by atoms with Crippen molar-refractivity contribution in [3.05, 3.63) is 42.6 Å². The van der Waals surface area contributed by atoms with E-state index in [-0.39, 0.29) is 6.04 Å². The molecule has 3 aromatic rings.